The first-order chi connectivity index (χ1) is 31.2. The molecule has 0 spiro atoms. The Morgan fingerprint density at radius 3 is 2.52 bits per heavy atom. The molecule has 1 amide bonds. The second kappa shape index (κ2) is 19.8. The number of nitrogens with zero attached hydrogens (tertiary/aromatic N) is 3. The minimum absolute atomic E-state index is 0.0280. The Morgan fingerprint density at radius 2 is 1.78 bits per heavy atom. The van der Waals surface area contributed by atoms with E-state index >= 15 is 0 Å². The summed E-state index contributed by atoms with van der Waals surface area (Å²) in [6, 6.07) is 7.55. The maximum Gasteiger partial charge on any atom is 0.306 e. The lowest BCUT2D eigenvalue weighted by Crippen LogP contribution is -2.45. The van der Waals surface area contributed by atoms with Gasteiger partial charge in [0, 0.05) is 47.2 Å². The van der Waals surface area contributed by atoms with E-state index in [1.165, 1.54) is 29.4 Å². The van der Waals surface area contributed by atoms with Crippen LogP contribution in [0.4, 0.5) is 13.9 Å². The van der Waals surface area contributed by atoms with Gasteiger partial charge in [0.1, 0.15) is 46.1 Å². The molecule has 12 nitrogen and oxygen atoms in total. The Kier molecular flexibility index (Phi) is 14.3. The van der Waals surface area contributed by atoms with Crippen molar-refractivity contribution in [3.63, 3.8) is 0 Å². The summed E-state index contributed by atoms with van der Waals surface area (Å²) in [7, 11) is -2.98. The number of esters is 1. The first kappa shape index (κ1) is 47.1. The zero-order valence-corrected chi connectivity index (χ0v) is 39.4. The van der Waals surface area contributed by atoms with Gasteiger partial charge in [0.05, 0.1) is 48.6 Å². The molecule has 2 aliphatic carbocycles. The van der Waals surface area contributed by atoms with Crippen molar-refractivity contribution >= 4 is 64.0 Å². The molecule has 2 aromatic carbocycles. The van der Waals surface area contributed by atoms with Crippen molar-refractivity contribution in [2.24, 2.45) is 11.8 Å². The van der Waals surface area contributed by atoms with E-state index < -0.39 is 83.9 Å². The predicted octanol–water partition coefficient (Wildman–Crippen LogP) is 10.7. The van der Waals surface area contributed by atoms with Gasteiger partial charge in [0.25, 0.3) is 0 Å². The molecular weight excluding hydrogens is 897 g/mol. The summed E-state index contributed by atoms with van der Waals surface area (Å²) in [5, 5.41) is 5.19. The minimum Gasteiger partial charge on any atom is -0.495 e. The van der Waals surface area contributed by atoms with Crippen molar-refractivity contribution in [2.45, 2.75) is 133 Å². The number of nitrogens with one attached hydrogen (secondary N) is 1. The normalized spacial score (nSPS) is 25.6. The SMILES string of the molecule is COc1ccc2c(O[C@@H]3C[C@H]4C(=O)C[C@]5(P(=O)(O)Cc6c(F)cccc6F)C[C@H]5/C=C\CCCCC[C@H](CC(=O)OC5CCCC5)C(=O)N4C3)cc(-c3csc(NC(C)C)n3)nc2c1Cl. The fourth-order valence-electron chi connectivity index (χ4n) is 9.76. The number of fused-ring (bicyclic) bond motifs is 3. The number of amides is 1. The van der Waals surface area contributed by atoms with Crippen LogP contribution in [0, 0.1) is 23.5 Å². The van der Waals surface area contributed by atoms with E-state index in [-0.39, 0.29) is 43.0 Å². The second-order valence-electron chi connectivity index (χ2n) is 18.3. The number of benzene rings is 2. The lowest BCUT2D eigenvalue weighted by Gasteiger charge is -2.30. The van der Waals surface area contributed by atoms with Crippen molar-refractivity contribution in [1.29, 1.82) is 0 Å². The Balaban J connectivity index is 1.15. The number of anilines is 1. The number of aromatic nitrogens is 2. The molecule has 65 heavy (non-hydrogen) atoms. The number of ether oxygens (including phenoxy) is 3. The third-order valence-electron chi connectivity index (χ3n) is 13.3. The Labute approximate surface area is 386 Å². The Morgan fingerprint density at radius 1 is 1.03 bits per heavy atom. The summed E-state index contributed by atoms with van der Waals surface area (Å²) in [6.07, 6.45) is 8.46. The van der Waals surface area contributed by atoms with Crippen LogP contribution in [-0.4, -0.2) is 80.5 Å². The summed E-state index contributed by atoms with van der Waals surface area (Å²) in [4.78, 5) is 66.4. The van der Waals surface area contributed by atoms with Gasteiger partial charge < -0.3 is 29.3 Å². The molecule has 4 aromatic rings. The van der Waals surface area contributed by atoms with Crippen molar-refractivity contribution in [3.8, 4) is 22.9 Å². The number of carbonyl (C=O) groups is 3. The molecule has 2 N–H and O–H groups in total. The van der Waals surface area contributed by atoms with Crippen LogP contribution in [0.2, 0.25) is 5.02 Å². The highest BCUT2D eigenvalue weighted by Crippen LogP contribution is 2.74. The van der Waals surface area contributed by atoms with E-state index in [1.54, 1.807) is 18.2 Å². The molecule has 2 aromatic heterocycles. The zero-order valence-electron chi connectivity index (χ0n) is 36.9. The standard InChI is InChI=1S/C48H56ClF2N4O8PS/c1-28(2)52-47-54-38(27-65-47)37-22-42(33-18-19-41(61-3)44(49)45(33)53-37)62-32-21-39-40(56)24-48(64(59,60)26-34-35(50)16-11-17-36(34)51)23-30(48)13-8-6-4-5-7-12-29(46(58)55(39)25-32)20-43(57)63-31-14-9-10-15-31/h8,11,13,16-19,22,27-32,39H,4-7,9-10,12,14-15,20-21,23-26H2,1-3H3,(H,52,54)(H,59,60)/b13-8-/t29-,30-,32-,39+,48-/m1/s1. The maximum atomic E-state index is 15.0. The number of hydrogen-bond donors (Lipinski definition) is 2. The van der Waals surface area contributed by atoms with E-state index in [0.717, 1.165) is 50.7 Å². The van der Waals surface area contributed by atoms with Gasteiger partial charge in [0.2, 0.25) is 13.3 Å². The quantitative estimate of drug-likeness (QED) is 0.0791. The van der Waals surface area contributed by atoms with Gasteiger partial charge in [-0.3, -0.25) is 18.9 Å². The number of Topliss-reactive ketones (excluding diaryl/α,β-unsaturated/α-hetero) is 1. The number of allylic oxidation sites excluding steroid dienone is 2. The summed E-state index contributed by atoms with van der Waals surface area (Å²) < 4.78 is 62.7. The number of ketones is 1. The topological polar surface area (TPSA) is 157 Å². The largest absolute Gasteiger partial charge is 0.495 e. The molecule has 0 bridgehead atoms. The van der Waals surface area contributed by atoms with Crippen LogP contribution < -0.4 is 14.8 Å². The van der Waals surface area contributed by atoms with Crippen molar-refractivity contribution in [2.75, 3.05) is 19.0 Å². The summed E-state index contributed by atoms with van der Waals surface area (Å²) in [5.41, 5.74) is 0.931. The van der Waals surface area contributed by atoms with Crippen LogP contribution in [0.1, 0.15) is 103 Å². The molecule has 3 fully saturated rings. The van der Waals surface area contributed by atoms with E-state index in [9.17, 15) is 32.6 Å². The third-order valence-corrected chi connectivity index (χ3v) is 17.3. The predicted molar refractivity (Wildman–Crippen MR) is 247 cm³/mol. The van der Waals surface area contributed by atoms with Crippen molar-refractivity contribution in [3.05, 3.63) is 76.2 Å². The lowest BCUT2D eigenvalue weighted by molar-refractivity contribution is -0.154. The van der Waals surface area contributed by atoms with Gasteiger partial charge in [-0.25, -0.2) is 18.7 Å². The molecular formula is C48H56ClF2N4O8PS. The molecule has 6 atom stereocenters. The summed E-state index contributed by atoms with van der Waals surface area (Å²) in [5.74, 6) is -3.70. The van der Waals surface area contributed by atoms with Gasteiger partial charge in [-0.2, -0.15) is 0 Å². The molecule has 17 heteroatoms. The average molecular weight is 953 g/mol. The first-order valence-corrected chi connectivity index (χ1v) is 25.8. The number of hydrogen-bond acceptors (Lipinski definition) is 11. The molecule has 348 valence electrons. The minimum atomic E-state index is -4.49. The second-order valence-corrected chi connectivity index (χ2v) is 22.1. The fourth-order valence-corrected chi connectivity index (χ4v) is 13.4. The van der Waals surface area contributed by atoms with Crippen LogP contribution in [-0.2, 0) is 29.8 Å². The average Bonchev–Trinajstić information content (AvgIpc) is 3.68. The van der Waals surface area contributed by atoms with Crippen LogP contribution in [0.3, 0.4) is 0 Å². The van der Waals surface area contributed by atoms with Gasteiger partial charge in [-0.1, -0.05) is 42.7 Å². The number of thiazole rings is 1. The highest BCUT2D eigenvalue weighted by atomic mass is 35.5. The lowest BCUT2D eigenvalue weighted by atomic mass is 9.94. The van der Waals surface area contributed by atoms with Gasteiger partial charge in [-0.05, 0) is 95.4 Å². The summed E-state index contributed by atoms with van der Waals surface area (Å²) in [6.45, 7) is 4.00. The molecule has 4 heterocycles. The molecule has 1 unspecified atom stereocenters. The first-order valence-electron chi connectivity index (χ1n) is 22.7. The van der Waals surface area contributed by atoms with Gasteiger partial charge >= 0.3 is 5.97 Å². The monoisotopic (exact) mass is 952 g/mol. The number of carbonyl (C=O) groups excluding carboxylic acids is 3. The molecule has 4 aliphatic rings. The molecule has 2 saturated carbocycles. The van der Waals surface area contributed by atoms with E-state index in [1.807, 2.05) is 31.4 Å². The van der Waals surface area contributed by atoms with Crippen molar-refractivity contribution < 1.29 is 46.8 Å². The van der Waals surface area contributed by atoms with Gasteiger partial charge in [-0.15, -0.1) is 11.3 Å². The van der Waals surface area contributed by atoms with E-state index in [0.29, 0.717) is 58.2 Å². The number of rotatable bonds is 12. The van der Waals surface area contributed by atoms with Crippen LogP contribution >= 0.6 is 30.3 Å². The Hall–Kier alpha value is -4.43. The number of pyridine rings is 1. The number of methoxy groups -OCH3 is 1. The highest BCUT2D eigenvalue weighted by molar-refractivity contribution is 7.59. The Bertz CT molecular complexity index is 2500. The molecule has 0 radical (unpaired) electrons. The van der Waals surface area contributed by atoms with E-state index in [4.69, 9.17) is 35.8 Å². The fraction of sp³-hybridized carbons (Fsp3) is 0.521. The zero-order chi connectivity index (χ0) is 46.0. The highest BCUT2D eigenvalue weighted by Gasteiger charge is 2.65. The molecule has 8 rings (SSSR count). The molecule has 2 aliphatic heterocycles. The van der Waals surface area contributed by atoms with Gasteiger partial charge in [0.15, 0.2) is 10.9 Å². The van der Waals surface area contributed by atoms with Crippen LogP contribution in [0.25, 0.3) is 22.3 Å². The maximum absolute atomic E-state index is 15.0. The molecule has 1 saturated heterocycles. The summed E-state index contributed by atoms with van der Waals surface area (Å²) >= 11 is 8.30. The smallest absolute Gasteiger partial charge is 0.306 e. The van der Waals surface area contributed by atoms with Crippen LogP contribution in [0.5, 0.6) is 11.5 Å². The number of halogens is 3. The van der Waals surface area contributed by atoms with Crippen molar-refractivity contribution in [1.82, 2.24) is 14.9 Å². The van der Waals surface area contributed by atoms with Crippen LogP contribution in [0.15, 0.2) is 53.9 Å². The van der Waals surface area contributed by atoms with E-state index in [2.05, 4.69) is 5.32 Å². The third kappa shape index (κ3) is 10.3.